The van der Waals surface area contributed by atoms with E-state index in [0.29, 0.717) is 5.70 Å². The van der Waals surface area contributed by atoms with Gasteiger partial charge in [-0.3, -0.25) is 4.90 Å². The molecule has 4 N–H and O–H groups in total. The molecule has 0 saturated carbocycles. The predicted octanol–water partition coefficient (Wildman–Crippen LogP) is 5.73. The molecule has 6 nitrogen and oxygen atoms in total. The lowest BCUT2D eigenvalue weighted by atomic mass is 9.90. The normalized spacial score (nSPS) is 16.1. The second-order valence-corrected chi connectivity index (χ2v) is 8.95. The average molecular weight is 451 g/mol. The van der Waals surface area contributed by atoms with Gasteiger partial charge in [-0.25, -0.2) is 11.4 Å². The lowest BCUT2D eigenvalue weighted by Gasteiger charge is -2.37. The third-order valence-electron chi connectivity index (χ3n) is 6.99. The fraction of sp³-hybridized carbons (Fsp3) is 0.214. The Bertz CT molecular complexity index is 1380. The van der Waals surface area contributed by atoms with Gasteiger partial charge in [0.05, 0.1) is 11.7 Å². The highest BCUT2D eigenvalue weighted by Gasteiger charge is 2.32. The van der Waals surface area contributed by atoms with Crippen molar-refractivity contribution in [2.24, 2.45) is 16.2 Å². The smallest absolute Gasteiger partial charge is 0.0875 e. The van der Waals surface area contributed by atoms with E-state index in [2.05, 4.69) is 107 Å². The maximum absolute atomic E-state index is 5.24. The molecule has 0 bridgehead atoms. The van der Waals surface area contributed by atoms with Crippen LogP contribution in [0.25, 0.3) is 16.6 Å². The first kappa shape index (κ1) is 22.1. The molecule has 1 aliphatic heterocycles. The number of fused-ring (bicyclic) bond motifs is 3. The fourth-order valence-corrected chi connectivity index (χ4v) is 5.08. The minimum atomic E-state index is 0.0911. The number of rotatable bonds is 6. The Kier molecular flexibility index (Phi) is 6.01. The number of para-hydroxylation sites is 1. The highest BCUT2D eigenvalue weighted by atomic mass is 15.5. The molecule has 2 heterocycles. The Morgan fingerprint density at radius 3 is 2.79 bits per heavy atom. The van der Waals surface area contributed by atoms with Gasteiger partial charge in [0.2, 0.25) is 0 Å². The summed E-state index contributed by atoms with van der Waals surface area (Å²) in [4.78, 5) is 6.33. The molecule has 0 aliphatic carbocycles. The number of aryl methyl sites for hydroxylation is 1. The van der Waals surface area contributed by atoms with Gasteiger partial charge >= 0.3 is 0 Å². The van der Waals surface area contributed by atoms with E-state index < -0.39 is 0 Å². The summed E-state index contributed by atoms with van der Waals surface area (Å²) in [6, 6.07) is 23.7. The van der Waals surface area contributed by atoms with Crippen LogP contribution in [0.2, 0.25) is 0 Å². The van der Waals surface area contributed by atoms with Crippen molar-refractivity contribution in [1.29, 1.82) is 0 Å². The molecular weight excluding hydrogens is 420 g/mol. The first-order chi connectivity index (χ1) is 16.6. The molecule has 3 aromatic carbocycles. The molecule has 34 heavy (non-hydrogen) atoms. The summed E-state index contributed by atoms with van der Waals surface area (Å²) < 4.78 is 0. The summed E-state index contributed by atoms with van der Waals surface area (Å²) in [7, 11) is 0. The summed E-state index contributed by atoms with van der Waals surface area (Å²) in [6.45, 7) is 10.3. The molecule has 0 radical (unpaired) electrons. The van der Waals surface area contributed by atoms with E-state index in [4.69, 9.17) is 5.84 Å². The van der Waals surface area contributed by atoms with E-state index in [1.807, 2.05) is 6.07 Å². The molecule has 0 amide bonds. The van der Waals surface area contributed by atoms with Crippen molar-refractivity contribution in [3.05, 3.63) is 112 Å². The van der Waals surface area contributed by atoms with E-state index in [0.717, 1.165) is 25.1 Å². The quantitative estimate of drug-likeness (QED) is 0.199. The van der Waals surface area contributed by atoms with Crippen molar-refractivity contribution < 1.29 is 0 Å². The Hall–Kier alpha value is -3.74. The lowest BCUT2D eigenvalue weighted by Crippen LogP contribution is -2.36. The second kappa shape index (κ2) is 9.25. The SMILES string of the molecule is C=C(/N=N\NN)c1cccc(C2c3[nH]c4ccccc4c3CCN2Cc2cccc(C)c2C)c1. The zero-order valence-corrected chi connectivity index (χ0v) is 19.7. The van der Waals surface area contributed by atoms with Crippen LogP contribution in [0.4, 0.5) is 0 Å². The molecular formula is C28H30N6. The Balaban J connectivity index is 1.61. The van der Waals surface area contributed by atoms with Crippen molar-refractivity contribution in [2.45, 2.75) is 32.9 Å². The van der Waals surface area contributed by atoms with Crippen molar-refractivity contribution in [3.8, 4) is 0 Å². The molecule has 1 atom stereocenters. The van der Waals surface area contributed by atoms with Crippen molar-refractivity contribution in [3.63, 3.8) is 0 Å². The first-order valence-electron chi connectivity index (χ1n) is 11.6. The van der Waals surface area contributed by atoms with Gasteiger partial charge in [-0.05, 0) is 60.2 Å². The van der Waals surface area contributed by atoms with Gasteiger partial charge in [-0.1, -0.05) is 66.4 Å². The summed E-state index contributed by atoms with van der Waals surface area (Å²) >= 11 is 0. The number of nitrogens with two attached hydrogens (primary N) is 1. The van der Waals surface area contributed by atoms with E-state index in [-0.39, 0.29) is 6.04 Å². The van der Waals surface area contributed by atoms with E-state index >= 15 is 0 Å². The average Bonchev–Trinajstić information content (AvgIpc) is 3.24. The number of hydrogen-bond donors (Lipinski definition) is 3. The molecule has 0 spiro atoms. The second-order valence-electron chi connectivity index (χ2n) is 8.95. The first-order valence-corrected chi connectivity index (χ1v) is 11.6. The van der Waals surface area contributed by atoms with Crippen LogP contribution in [-0.4, -0.2) is 16.4 Å². The number of hydrazine groups is 1. The zero-order chi connectivity index (χ0) is 23.7. The number of aromatic amines is 1. The fourth-order valence-electron chi connectivity index (χ4n) is 5.08. The van der Waals surface area contributed by atoms with Crippen LogP contribution in [0.15, 0.2) is 83.6 Å². The van der Waals surface area contributed by atoms with Gasteiger partial charge in [0, 0.05) is 35.2 Å². The number of aromatic nitrogens is 1. The molecule has 4 aromatic rings. The number of H-pyrrole nitrogens is 1. The van der Waals surface area contributed by atoms with Gasteiger partial charge in [-0.15, -0.1) is 5.11 Å². The van der Waals surface area contributed by atoms with Crippen LogP contribution in [0.5, 0.6) is 0 Å². The lowest BCUT2D eigenvalue weighted by molar-refractivity contribution is 0.201. The number of nitrogens with one attached hydrogen (secondary N) is 2. The highest BCUT2D eigenvalue weighted by Crippen LogP contribution is 2.40. The number of hydrogen-bond acceptors (Lipinski definition) is 4. The third-order valence-corrected chi connectivity index (χ3v) is 6.99. The molecule has 1 unspecified atom stereocenters. The van der Waals surface area contributed by atoms with Gasteiger partial charge in [0.25, 0.3) is 0 Å². The summed E-state index contributed by atoms with van der Waals surface area (Å²) in [5.74, 6) is 5.24. The summed E-state index contributed by atoms with van der Waals surface area (Å²) in [6.07, 6.45) is 1.02. The van der Waals surface area contributed by atoms with E-state index in [1.165, 1.54) is 44.4 Å². The standard InChI is InChI=1S/C28H30N6/c1-18-8-6-11-23(19(18)2)17-34-15-14-25-24-12-4-5-13-26(24)30-27(25)28(34)22-10-7-9-21(16-22)20(3)31-33-32-29/h4-13,16,28,30H,3,14-15,17H2,1-2H3,(H2,29,33)(H,31,32). The van der Waals surface area contributed by atoms with Crippen LogP contribution in [0.1, 0.15) is 45.1 Å². The summed E-state index contributed by atoms with van der Waals surface area (Å²) in [5.41, 5.74) is 12.8. The van der Waals surface area contributed by atoms with Crippen LogP contribution < -0.4 is 11.4 Å². The highest BCUT2D eigenvalue weighted by molar-refractivity contribution is 5.85. The molecule has 1 aliphatic rings. The van der Waals surface area contributed by atoms with Crippen molar-refractivity contribution in [1.82, 2.24) is 15.4 Å². The number of benzene rings is 3. The van der Waals surface area contributed by atoms with Crippen LogP contribution >= 0.6 is 0 Å². The molecule has 6 heteroatoms. The van der Waals surface area contributed by atoms with Crippen molar-refractivity contribution >= 4 is 16.6 Å². The molecule has 172 valence electrons. The Labute approximate surface area is 200 Å². The molecule has 5 rings (SSSR count). The van der Waals surface area contributed by atoms with Crippen LogP contribution in [-0.2, 0) is 13.0 Å². The molecule has 0 saturated heterocycles. The largest absolute Gasteiger partial charge is 0.357 e. The topological polar surface area (TPSA) is 81.8 Å². The van der Waals surface area contributed by atoms with Gasteiger partial charge < -0.3 is 4.98 Å². The maximum Gasteiger partial charge on any atom is 0.0875 e. The predicted molar refractivity (Wildman–Crippen MR) is 138 cm³/mol. The minimum Gasteiger partial charge on any atom is -0.357 e. The Morgan fingerprint density at radius 2 is 1.94 bits per heavy atom. The van der Waals surface area contributed by atoms with Gasteiger partial charge in [0.15, 0.2) is 0 Å². The minimum absolute atomic E-state index is 0.0911. The molecule has 1 aromatic heterocycles. The van der Waals surface area contributed by atoms with E-state index in [9.17, 15) is 0 Å². The summed E-state index contributed by atoms with van der Waals surface area (Å²) in [5, 5.41) is 9.06. The molecule has 0 fully saturated rings. The van der Waals surface area contributed by atoms with Crippen molar-refractivity contribution in [2.75, 3.05) is 6.54 Å². The monoisotopic (exact) mass is 450 g/mol. The van der Waals surface area contributed by atoms with E-state index in [1.54, 1.807) is 0 Å². The Morgan fingerprint density at radius 1 is 1.12 bits per heavy atom. The van der Waals surface area contributed by atoms with Crippen LogP contribution in [0.3, 0.4) is 0 Å². The number of nitrogens with zero attached hydrogens (tertiary/aromatic N) is 3. The third kappa shape index (κ3) is 4.02. The van der Waals surface area contributed by atoms with Gasteiger partial charge in [-0.2, -0.15) is 0 Å². The van der Waals surface area contributed by atoms with Crippen LogP contribution in [0, 0.1) is 13.8 Å². The maximum atomic E-state index is 5.24. The van der Waals surface area contributed by atoms with Gasteiger partial charge in [0.1, 0.15) is 0 Å². The zero-order valence-electron chi connectivity index (χ0n) is 19.7.